The number of carbonyl (C=O) groups is 1. The smallest absolute Gasteiger partial charge is 0.397 e. The molecule has 6 atom stereocenters. The average Bonchev–Trinajstić information content (AvgIpc) is 3.36. The molecule has 1 aliphatic rings. The number of carbonyl (C=O) groups excluding carboxylic acids is 1. The number of hydrogen-bond acceptors (Lipinski definition) is 11. The Bertz CT molecular complexity index is 1660. The van der Waals surface area contributed by atoms with Crippen LogP contribution in [0.4, 0.5) is 0 Å². The molecule has 0 aromatic heterocycles. The highest BCUT2D eigenvalue weighted by atomic mass is 32.3. The SMILES string of the molecule is CC/C=C\C/C=C\C/C=C\C/C=C\C/C=C\C/C=C\CCCCCCCOCC(COC1OC(CO)C(O)C(OS(=O)(=O)O)C1O)OC(=O)CCCCCCCC/C=C\C/C=C\C/C=C\CCCCCCC. The topological polar surface area (TPSA) is 178 Å². The summed E-state index contributed by atoms with van der Waals surface area (Å²) in [6.07, 6.45) is 59.7. The van der Waals surface area contributed by atoms with Gasteiger partial charge in [0.2, 0.25) is 0 Å². The highest BCUT2D eigenvalue weighted by molar-refractivity contribution is 7.80. The van der Waals surface area contributed by atoms with Crippen LogP contribution in [0.5, 0.6) is 0 Å². The molecule has 1 saturated heterocycles. The van der Waals surface area contributed by atoms with Gasteiger partial charge in [0.05, 0.1) is 19.8 Å². The molecule has 0 radical (unpaired) electrons. The second-order valence-corrected chi connectivity index (χ2v) is 19.5. The van der Waals surface area contributed by atoms with Crippen molar-refractivity contribution in [2.24, 2.45) is 0 Å². The van der Waals surface area contributed by atoms with Crippen LogP contribution in [0.3, 0.4) is 0 Å². The summed E-state index contributed by atoms with van der Waals surface area (Å²) in [4.78, 5) is 12.9. The van der Waals surface area contributed by atoms with Gasteiger partial charge in [-0.05, 0) is 103 Å². The van der Waals surface area contributed by atoms with E-state index >= 15 is 0 Å². The molecule has 1 aliphatic heterocycles. The van der Waals surface area contributed by atoms with E-state index in [1.54, 1.807) is 0 Å². The number of aliphatic hydroxyl groups excluding tert-OH is 3. The number of esters is 1. The summed E-state index contributed by atoms with van der Waals surface area (Å²) in [6, 6.07) is 0. The van der Waals surface area contributed by atoms with E-state index in [0.29, 0.717) is 13.0 Å². The molecular weight excluding hydrogens is 933 g/mol. The molecule has 4 N–H and O–H groups in total. The molecule has 0 spiro atoms. The molecule has 6 unspecified atom stereocenters. The van der Waals surface area contributed by atoms with Crippen LogP contribution in [-0.4, -0.2) is 97.5 Å². The normalized spacial score (nSPS) is 19.8. The minimum absolute atomic E-state index is 0.00955. The second kappa shape index (κ2) is 48.7. The van der Waals surface area contributed by atoms with E-state index < -0.39 is 59.8 Å². The van der Waals surface area contributed by atoms with Crippen LogP contribution in [0.15, 0.2) is 109 Å². The highest BCUT2D eigenvalue weighted by Gasteiger charge is 2.48. The summed E-state index contributed by atoms with van der Waals surface area (Å²) >= 11 is 0. The van der Waals surface area contributed by atoms with Crippen LogP contribution in [0.1, 0.15) is 194 Å². The molecule has 1 rings (SSSR count). The Morgan fingerprint density at radius 3 is 1.40 bits per heavy atom. The lowest BCUT2D eigenvalue weighted by Crippen LogP contribution is -2.60. The molecule has 0 aromatic rings. The first-order chi connectivity index (χ1) is 35.1. The van der Waals surface area contributed by atoms with E-state index in [2.05, 4.69) is 127 Å². The van der Waals surface area contributed by atoms with Crippen molar-refractivity contribution >= 4 is 16.4 Å². The van der Waals surface area contributed by atoms with Crippen LogP contribution >= 0.6 is 0 Å². The number of hydrogen-bond donors (Lipinski definition) is 4. The van der Waals surface area contributed by atoms with Crippen molar-refractivity contribution in [1.29, 1.82) is 0 Å². The largest absolute Gasteiger partial charge is 0.457 e. The van der Waals surface area contributed by atoms with E-state index in [1.807, 2.05) is 0 Å². The Hall–Kier alpha value is -3.24. The first kappa shape index (κ1) is 66.8. The zero-order valence-corrected chi connectivity index (χ0v) is 45.3. The van der Waals surface area contributed by atoms with Crippen molar-refractivity contribution in [3.63, 3.8) is 0 Å². The number of aliphatic hydroxyl groups is 3. The third kappa shape index (κ3) is 41.1. The first-order valence-electron chi connectivity index (χ1n) is 27.6. The van der Waals surface area contributed by atoms with E-state index in [4.69, 9.17) is 18.9 Å². The number of ether oxygens (including phenoxy) is 4. The van der Waals surface area contributed by atoms with Gasteiger partial charge in [-0.3, -0.25) is 9.35 Å². The van der Waals surface area contributed by atoms with Crippen molar-refractivity contribution in [2.45, 2.75) is 230 Å². The molecule has 412 valence electrons. The fraction of sp³-hybridized carbons (Fsp3) is 0.678. The van der Waals surface area contributed by atoms with Gasteiger partial charge in [-0.15, -0.1) is 0 Å². The Kier molecular flexibility index (Phi) is 45.2. The standard InChI is InChI=1S/C59H98O12S/c1-3-5-7-9-11-13-15-17-19-21-23-25-26-27-29-31-33-35-37-39-41-43-45-47-49-67-51-53(52-68-59-57(63)58(71-72(64,65)66)56(62)54(50-60)70-59)69-55(61)48-46-44-42-40-38-36-34-32-30-28-24-22-20-18-16-14-12-10-8-6-4-2/h5,7,11,13,16-19,22-25,27,29-30,32-33,35,53-54,56-60,62-63H,3-4,6,8-10,12,14-15,20-21,26,28,31,34,36-52H2,1-2H3,(H,64,65,66)/b7-5-,13-11-,18-16-,19-17-,24-22-,25-23-,29-27-,32-30-,35-33-. The minimum Gasteiger partial charge on any atom is -0.457 e. The Balaban J connectivity index is 2.38. The lowest BCUT2D eigenvalue weighted by atomic mass is 9.99. The van der Waals surface area contributed by atoms with Gasteiger partial charge in [-0.25, -0.2) is 4.18 Å². The summed E-state index contributed by atoms with van der Waals surface area (Å²) in [5, 5.41) is 30.8. The van der Waals surface area contributed by atoms with Gasteiger partial charge in [0, 0.05) is 13.0 Å². The van der Waals surface area contributed by atoms with Gasteiger partial charge in [0.1, 0.15) is 30.5 Å². The fourth-order valence-electron chi connectivity index (χ4n) is 7.74. The maximum atomic E-state index is 12.9. The quantitative estimate of drug-likeness (QED) is 0.0197. The van der Waals surface area contributed by atoms with E-state index in [-0.39, 0.29) is 19.6 Å². The molecule has 1 heterocycles. The van der Waals surface area contributed by atoms with Crippen LogP contribution in [0, 0.1) is 0 Å². The first-order valence-corrected chi connectivity index (χ1v) is 29.0. The van der Waals surface area contributed by atoms with Crippen LogP contribution in [-0.2, 0) is 38.3 Å². The highest BCUT2D eigenvalue weighted by Crippen LogP contribution is 2.26. The van der Waals surface area contributed by atoms with Gasteiger partial charge in [0.15, 0.2) is 6.29 Å². The van der Waals surface area contributed by atoms with Gasteiger partial charge < -0.3 is 34.3 Å². The van der Waals surface area contributed by atoms with Gasteiger partial charge in [-0.2, -0.15) is 8.42 Å². The third-order valence-corrected chi connectivity index (χ3v) is 12.3. The molecule has 0 aliphatic carbocycles. The Morgan fingerprint density at radius 2 is 0.958 bits per heavy atom. The number of rotatable bonds is 47. The lowest BCUT2D eigenvalue weighted by molar-refractivity contribution is -0.301. The molecule has 0 aromatic carbocycles. The molecule has 0 amide bonds. The summed E-state index contributed by atoms with van der Waals surface area (Å²) in [5.41, 5.74) is 0. The van der Waals surface area contributed by atoms with E-state index in [9.17, 15) is 33.1 Å². The second-order valence-electron chi connectivity index (χ2n) is 18.4. The monoisotopic (exact) mass is 1030 g/mol. The predicted molar refractivity (Wildman–Crippen MR) is 294 cm³/mol. The third-order valence-electron chi connectivity index (χ3n) is 11.9. The molecule has 1 fully saturated rings. The molecule has 12 nitrogen and oxygen atoms in total. The number of unbranched alkanes of at least 4 members (excludes halogenated alkanes) is 16. The number of allylic oxidation sites excluding steroid dienone is 18. The van der Waals surface area contributed by atoms with Crippen LogP contribution in [0.2, 0.25) is 0 Å². The van der Waals surface area contributed by atoms with Gasteiger partial charge in [-0.1, -0.05) is 194 Å². The summed E-state index contributed by atoms with van der Waals surface area (Å²) in [7, 11) is -5.08. The molecule has 0 bridgehead atoms. The van der Waals surface area contributed by atoms with E-state index in [1.165, 1.54) is 38.5 Å². The molecule has 0 saturated carbocycles. The van der Waals surface area contributed by atoms with Crippen molar-refractivity contribution in [2.75, 3.05) is 26.4 Å². The van der Waals surface area contributed by atoms with Gasteiger partial charge in [0.25, 0.3) is 0 Å². The molecular formula is C59H98O12S. The average molecular weight is 1030 g/mol. The molecule has 72 heavy (non-hydrogen) atoms. The zero-order valence-electron chi connectivity index (χ0n) is 44.4. The minimum atomic E-state index is -5.08. The zero-order chi connectivity index (χ0) is 52.4. The van der Waals surface area contributed by atoms with Crippen molar-refractivity contribution in [3.8, 4) is 0 Å². The van der Waals surface area contributed by atoms with E-state index in [0.717, 1.165) is 128 Å². The van der Waals surface area contributed by atoms with Crippen LogP contribution in [0.25, 0.3) is 0 Å². The van der Waals surface area contributed by atoms with Gasteiger partial charge >= 0.3 is 16.4 Å². The Morgan fingerprint density at radius 1 is 0.542 bits per heavy atom. The maximum absolute atomic E-state index is 12.9. The summed E-state index contributed by atoms with van der Waals surface area (Å²) in [6.45, 7) is 3.80. The van der Waals surface area contributed by atoms with Crippen LogP contribution < -0.4 is 0 Å². The molecule has 13 heteroatoms. The summed E-state index contributed by atoms with van der Waals surface area (Å²) in [5.74, 6) is -0.423. The predicted octanol–water partition coefficient (Wildman–Crippen LogP) is 13.5. The van der Waals surface area contributed by atoms with Crippen molar-refractivity contribution < 1.29 is 56.2 Å². The van der Waals surface area contributed by atoms with Crippen molar-refractivity contribution in [3.05, 3.63) is 109 Å². The lowest BCUT2D eigenvalue weighted by Gasteiger charge is -2.41. The summed E-state index contributed by atoms with van der Waals surface area (Å²) < 4.78 is 59.3. The maximum Gasteiger partial charge on any atom is 0.397 e. The fourth-order valence-corrected chi connectivity index (χ4v) is 8.25. The van der Waals surface area contributed by atoms with Crippen molar-refractivity contribution in [1.82, 2.24) is 0 Å². The Labute approximate surface area is 437 Å².